The first kappa shape index (κ1) is 10.1. The summed E-state index contributed by atoms with van der Waals surface area (Å²) in [5.41, 5.74) is 0. The second kappa shape index (κ2) is 3.63. The van der Waals surface area contributed by atoms with Crippen molar-refractivity contribution in [2.45, 2.75) is 24.5 Å². The summed E-state index contributed by atoms with van der Waals surface area (Å²) in [6, 6.07) is 3.26. The Kier molecular flexibility index (Phi) is 2.62. The molecule has 0 aromatic carbocycles. The maximum Gasteiger partial charge on any atom is 0.213 e. The highest BCUT2D eigenvalue weighted by molar-refractivity contribution is 8.01. The van der Waals surface area contributed by atoms with Crippen LogP contribution in [0.5, 0.6) is 0 Å². The van der Waals surface area contributed by atoms with Crippen LogP contribution >= 0.6 is 23.4 Å². The standard InChI is InChI=1S/C10H11ClO2S/c1-10(5-2-6-14-10)9(12)7-3-4-8(11)13-7/h3-4H,2,5-6H2,1H3. The van der Waals surface area contributed by atoms with E-state index in [0.717, 1.165) is 18.6 Å². The minimum Gasteiger partial charge on any atom is -0.442 e. The minimum absolute atomic E-state index is 0.0619. The SMILES string of the molecule is CC1(C(=O)c2ccc(Cl)o2)CCCS1. The number of Topliss-reactive ketones (excluding diaryl/α,β-unsaturated/α-hetero) is 1. The summed E-state index contributed by atoms with van der Waals surface area (Å²) >= 11 is 7.34. The molecular weight excluding hydrogens is 220 g/mol. The molecule has 1 aliphatic rings. The van der Waals surface area contributed by atoms with E-state index in [9.17, 15) is 4.79 Å². The molecule has 2 heterocycles. The fourth-order valence-corrected chi connectivity index (χ4v) is 3.06. The van der Waals surface area contributed by atoms with E-state index in [0.29, 0.717) is 5.76 Å². The quantitative estimate of drug-likeness (QED) is 0.730. The molecule has 4 heteroatoms. The van der Waals surface area contributed by atoms with Gasteiger partial charge in [-0.25, -0.2) is 0 Å². The molecule has 1 fully saturated rings. The highest BCUT2D eigenvalue weighted by Crippen LogP contribution is 2.40. The molecule has 2 rings (SSSR count). The molecule has 0 amide bonds. The van der Waals surface area contributed by atoms with Gasteiger partial charge in [0.1, 0.15) is 0 Å². The molecule has 0 saturated carbocycles. The lowest BCUT2D eigenvalue weighted by Crippen LogP contribution is -2.28. The Morgan fingerprint density at radius 1 is 1.64 bits per heavy atom. The molecule has 0 aliphatic carbocycles. The Balaban J connectivity index is 2.23. The van der Waals surface area contributed by atoms with E-state index in [1.807, 2.05) is 6.92 Å². The van der Waals surface area contributed by atoms with E-state index in [4.69, 9.17) is 16.0 Å². The van der Waals surface area contributed by atoms with Crippen LogP contribution in [0.2, 0.25) is 5.22 Å². The lowest BCUT2D eigenvalue weighted by atomic mass is 9.99. The van der Waals surface area contributed by atoms with Crippen LogP contribution in [-0.4, -0.2) is 16.3 Å². The van der Waals surface area contributed by atoms with Crippen molar-refractivity contribution in [3.05, 3.63) is 23.1 Å². The van der Waals surface area contributed by atoms with Crippen LogP contribution in [0.3, 0.4) is 0 Å². The predicted molar refractivity (Wildman–Crippen MR) is 58.1 cm³/mol. The van der Waals surface area contributed by atoms with Gasteiger partial charge in [0.15, 0.2) is 11.0 Å². The van der Waals surface area contributed by atoms with Crippen LogP contribution in [0.25, 0.3) is 0 Å². The average molecular weight is 231 g/mol. The molecule has 1 atom stereocenters. The third-order valence-electron chi connectivity index (χ3n) is 2.50. The molecule has 0 spiro atoms. The van der Waals surface area contributed by atoms with Gasteiger partial charge in [-0.05, 0) is 49.3 Å². The number of hydrogen-bond acceptors (Lipinski definition) is 3. The fraction of sp³-hybridized carbons (Fsp3) is 0.500. The summed E-state index contributed by atoms with van der Waals surface area (Å²) in [4.78, 5) is 12.0. The Labute approximate surface area is 92.0 Å². The van der Waals surface area contributed by atoms with Crippen molar-refractivity contribution >= 4 is 29.1 Å². The molecule has 1 aromatic rings. The number of ketones is 1. The Morgan fingerprint density at radius 3 is 2.93 bits per heavy atom. The molecule has 0 N–H and O–H groups in total. The van der Waals surface area contributed by atoms with Crippen molar-refractivity contribution in [1.29, 1.82) is 0 Å². The van der Waals surface area contributed by atoms with E-state index in [1.54, 1.807) is 23.9 Å². The van der Waals surface area contributed by atoms with E-state index in [1.165, 1.54) is 0 Å². The highest BCUT2D eigenvalue weighted by atomic mass is 35.5. The van der Waals surface area contributed by atoms with Gasteiger partial charge < -0.3 is 4.42 Å². The third-order valence-corrected chi connectivity index (χ3v) is 4.22. The smallest absolute Gasteiger partial charge is 0.213 e. The summed E-state index contributed by atoms with van der Waals surface area (Å²) in [7, 11) is 0. The first-order chi connectivity index (χ1) is 6.62. The molecule has 0 bridgehead atoms. The molecule has 1 aromatic heterocycles. The number of halogens is 1. The van der Waals surface area contributed by atoms with Gasteiger partial charge in [0, 0.05) is 0 Å². The van der Waals surface area contributed by atoms with E-state index < -0.39 is 0 Å². The molecular formula is C10H11ClO2S. The van der Waals surface area contributed by atoms with Crippen LogP contribution in [-0.2, 0) is 0 Å². The van der Waals surface area contributed by atoms with Crippen molar-refractivity contribution in [2.75, 3.05) is 5.75 Å². The summed E-state index contributed by atoms with van der Waals surface area (Å²) in [6.07, 6.45) is 2.02. The summed E-state index contributed by atoms with van der Waals surface area (Å²) < 4.78 is 4.82. The van der Waals surface area contributed by atoms with Gasteiger partial charge in [0.05, 0.1) is 4.75 Å². The van der Waals surface area contributed by atoms with E-state index in [-0.39, 0.29) is 15.7 Å². The normalized spacial score (nSPS) is 26.7. The van der Waals surface area contributed by atoms with Gasteiger partial charge in [0.2, 0.25) is 5.78 Å². The van der Waals surface area contributed by atoms with Gasteiger partial charge in [-0.3, -0.25) is 4.79 Å². The van der Waals surface area contributed by atoms with Crippen LogP contribution in [0.1, 0.15) is 30.3 Å². The van der Waals surface area contributed by atoms with Crippen molar-refractivity contribution in [1.82, 2.24) is 0 Å². The van der Waals surface area contributed by atoms with Crippen LogP contribution < -0.4 is 0 Å². The monoisotopic (exact) mass is 230 g/mol. The zero-order valence-electron chi connectivity index (χ0n) is 7.88. The van der Waals surface area contributed by atoms with Gasteiger partial charge >= 0.3 is 0 Å². The first-order valence-electron chi connectivity index (χ1n) is 4.56. The van der Waals surface area contributed by atoms with Crippen molar-refractivity contribution in [3.63, 3.8) is 0 Å². The topological polar surface area (TPSA) is 30.2 Å². The number of hydrogen-bond donors (Lipinski definition) is 0. The van der Waals surface area contributed by atoms with Crippen LogP contribution in [0, 0.1) is 0 Å². The molecule has 1 aliphatic heterocycles. The second-order valence-electron chi connectivity index (χ2n) is 3.62. The van der Waals surface area contributed by atoms with Gasteiger partial charge in [-0.15, -0.1) is 11.8 Å². The number of carbonyl (C=O) groups is 1. The molecule has 0 radical (unpaired) electrons. The van der Waals surface area contributed by atoms with Crippen LogP contribution in [0.15, 0.2) is 16.5 Å². The largest absolute Gasteiger partial charge is 0.442 e. The van der Waals surface area contributed by atoms with Crippen molar-refractivity contribution in [3.8, 4) is 0 Å². The molecule has 14 heavy (non-hydrogen) atoms. The first-order valence-corrected chi connectivity index (χ1v) is 5.92. The zero-order valence-corrected chi connectivity index (χ0v) is 9.45. The zero-order chi connectivity index (χ0) is 10.2. The van der Waals surface area contributed by atoms with E-state index >= 15 is 0 Å². The second-order valence-corrected chi connectivity index (χ2v) is 5.59. The summed E-state index contributed by atoms with van der Waals surface area (Å²) in [5, 5.41) is 0.278. The number of thioether (sulfide) groups is 1. The van der Waals surface area contributed by atoms with Crippen molar-refractivity contribution < 1.29 is 9.21 Å². The summed E-state index contributed by atoms with van der Waals surface area (Å²) in [5.74, 6) is 1.50. The lowest BCUT2D eigenvalue weighted by Gasteiger charge is -2.18. The number of rotatable bonds is 2. The molecule has 1 unspecified atom stereocenters. The third kappa shape index (κ3) is 1.71. The van der Waals surface area contributed by atoms with Crippen molar-refractivity contribution in [2.24, 2.45) is 0 Å². The minimum atomic E-state index is -0.304. The lowest BCUT2D eigenvalue weighted by molar-refractivity contribution is 0.0921. The molecule has 76 valence electrons. The number of carbonyl (C=O) groups excluding carboxylic acids is 1. The Hall–Kier alpha value is -0.410. The molecule has 1 saturated heterocycles. The Bertz CT molecular complexity index is 353. The van der Waals surface area contributed by atoms with Crippen LogP contribution in [0.4, 0.5) is 0 Å². The van der Waals surface area contributed by atoms with Gasteiger partial charge in [0.25, 0.3) is 0 Å². The summed E-state index contributed by atoms with van der Waals surface area (Å²) in [6.45, 7) is 1.98. The fourth-order valence-electron chi connectivity index (χ4n) is 1.66. The molecule has 2 nitrogen and oxygen atoms in total. The maximum absolute atomic E-state index is 12.0. The average Bonchev–Trinajstić information content (AvgIpc) is 2.74. The van der Waals surface area contributed by atoms with Gasteiger partial charge in [-0.1, -0.05) is 0 Å². The predicted octanol–water partition coefficient (Wildman–Crippen LogP) is 3.40. The maximum atomic E-state index is 12.0. The van der Waals surface area contributed by atoms with E-state index in [2.05, 4.69) is 0 Å². The number of furan rings is 1. The Morgan fingerprint density at radius 2 is 2.43 bits per heavy atom. The highest BCUT2D eigenvalue weighted by Gasteiger charge is 2.39. The van der Waals surface area contributed by atoms with Gasteiger partial charge in [-0.2, -0.15) is 0 Å².